The van der Waals surface area contributed by atoms with E-state index in [1.54, 1.807) is 6.07 Å². The second kappa shape index (κ2) is 8.97. The van der Waals surface area contributed by atoms with Gasteiger partial charge < -0.3 is 9.88 Å². The number of pyridine rings is 1. The van der Waals surface area contributed by atoms with Crippen LogP contribution in [0, 0.1) is 5.95 Å². The van der Waals surface area contributed by atoms with Crippen molar-refractivity contribution in [2.24, 2.45) is 0 Å². The summed E-state index contributed by atoms with van der Waals surface area (Å²) in [4.78, 5) is 15.8. The summed E-state index contributed by atoms with van der Waals surface area (Å²) in [5.74, 6) is 0.513. The topological polar surface area (TPSA) is 72.7 Å². The van der Waals surface area contributed by atoms with Crippen molar-refractivity contribution in [3.63, 3.8) is 0 Å². The average molecular weight is 399 g/mol. The third-order valence-corrected chi connectivity index (χ3v) is 5.18. The highest BCUT2D eigenvalue weighted by Crippen LogP contribution is 2.24. The van der Waals surface area contributed by atoms with Gasteiger partial charge in [-0.05, 0) is 36.6 Å². The van der Waals surface area contributed by atoms with Gasteiger partial charge in [-0.2, -0.15) is 4.39 Å². The monoisotopic (exact) mass is 399 g/mol. The summed E-state index contributed by atoms with van der Waals surface area (Å²) in [6.45, 7) is 6.81. The Morgan fingerprint density at radius 2 is 1.96 bits per heavy atom. The van der Waals surface area contributed by atoms with E-state index >= 15 is 0 Å². The van der Waals surface area contributed by atoms with Crippen LogP contribution >= 0.6 is 11.8 Å². The highest BCUT2D eigenvalue weighted by molar-refractivity contribution is 7.99. The highest BCUT2D eigenvalue weighted by atomic mass is 32.2. The van der Waals surface area contributed by atoms with Crippen LogP contribution in [0.25, 0.3) is 11.4 Å². The van der Waals surface area contributed by atoms with Crippen molar-refractivity contribution in [3.8, 4) is 11.4 Å². The molecule has 0 spiro atoms. The number of carbonyl (C=O) groups excluding carboxylic acids is 1. The van der Waals surface area contributed by atoms with Gasteiger partial charge >= 0.3 is 0 Å². The molecule has 0 unspecified atom stereocenters. The second-order valence-corrected chi connectivity index (χ2v) is 7.47. The summed E-state index contributed by atoms with van der Waals surface area (Å²) in [6.07, 6.45) is 1.39. The summed E-state index contributed by atoms with van der Waals surface area (Å²) < 4.78 is 15.2. The average Bonchev–Trinajstić information content (AvgIpc) is 3.09. The molecule has 0 aliphatic heterocycles. The Hall–Kier alpha value is -2.74. The first kappa shape index (κ1) is 20.0. The zero-order valence-corrected chi connectivity index (χ0v) is 16.8. The number of nitrogens with one attached hydrogen (secondary N) is 1. The van der Waals surface area contributed by atoms with Gasteiger partial charge in [0.25, 0.3) is 0 Å². The first-order chi connectivity index (χ1) is 13.5. The number of carbonyl (C=O) groups is 1. The van der Waals surface area contributed by atoms with Crippen molar-refractivity contribution in [2.45, 2.75) is 38.4 Å². The van der Waals surface area contributed by atoms with Crippen molar-refractivity contribution in [1.82, 2.24) is 19.7 Å². The zero-order valence-electron chi connectivity index (χ0n) is 16.0. The molecular weight excluding hydrogens is 377 g/mol. The van der Waals surface area contributed by atoms with Gasteiger partial charge in [-0.15, -0.1) is 10.2 Å². The summed E-state index contributed by atoms with van der Waals surface area (Å²) >= 11 is 1.29. The van der Waals surface area contributed by atoms with E-state index < -0.39 is 5.95 Å². The molecule has 6 nitrogen and oxygen atoms in total. The van der Waals surface area contributed by atoms with E-state index in [4.69, 9.17) is 0 Å². The van der Waals surface area contributed by atoms with Gasteiger partial charge in [-0.25, -0.2) is 4.98 Å². The van der Waals surface area contributed by atoms with Crippen molar-refractivity contribution < 1.29 is 9.18 Å². The van der Waals surface area contributed by atoms with Crippen molar-refractivity contribution in [2.75, 3.05) is 11.1 Å². The van der Waals surface area contributed by atoms with E-state index in [-0.39, 0.29) is 11.7 Å². The Labute approximate surface area is 167 Å². The van der Waals surface area contributed by atoms with Crippen LogP contribution in [0.2, 0.25) is 0 Å². The molecule has 8 heteroatoms. The maximum atomic E-state index is 13.4. The Morgan fingerprint density at radius 3 is 2.61 bits per heavy atom. The van der Waals surface area contributed by atoms with Crippen LogP contribution in [-0.4, -0.2) is 31.4 Å². The summed E-state index contributed by atoms with van der Waals surface area (Å²) in [6, 6.07) is 10.8. The molecule has 2 heterocycles. The molecular formula is C20H22FN5OS. The maximum Gasteiger partial charge on any atom is 0.234 e. The fourth-order valence-electron chi connectivity index (χ4n) is 2.71. The molecule has 2 aromatic heterocycles. The smallest absolute Gasteiger partial charge is 0.234 e. The molecule has 0 fully saturated rings. The molecule has 1 aromatic carbocycles. The minimum absolute atomic E-state index is 0.121. The largest absolute Gasteiger partial charge is 0.325 e. The van der Waals surface area contributed by atoms with Gasteiger partial charge in [0.05, 0.1) is 5.75 Å². The normalized spacial score (nSPS) is 11.0. The molecule has 3 aromatic rings. The molecule has 0 aliphatic rings. The number of amides is 1. The lowest BCUT2D eigenvalue weighted by Crippen LogP contribution is -2.14. The molecule has 146 valence electrons. The standard InChI is InChI=1S/C20H22FN5OS/c1-4-26-19(15-9-10-22-17(21)11-15)24-25-20(26)28-12-18(27)23-16-7-5-14(6-8-16)13(2)3/h5-11,13H,4,12H2,1-3H3,(H,23,27). The van der Waals surface area contributed by atoms with Crippen molar-refractivity contribution in [1.29, 1.82) is 0 Å². The third kappa shape index (κ3) is 4.75. The number of hydrogen-bond acceptors (Lipinski definition) is 5. The van der Waals surface area contributed by atoms with Crippen LogP contribution in [0.5, 0.6) is 0 Å². The van der Waals surface area contributed by atoms with E-state index in [2.05, 4.69) is 34.3 Å². The number of halogens is 1. The lowest BCUT2D eigenvalue weighted by Gasteiger charge is -2.09. The predicted octanol–water partition coefficient (Wildman–Crippen LogP) is 4.35. The first-order valence-electron chi connectivity index (χ1n) is 9.05. The molecule has 28 heavy (non-hydrogen) atoms. The lowest BCUT2D eigenvalue weighted by molar-refractivity contribution is -0.113. The maximum absolute atomic E-state index is 13.4. The summed E-state index contributed by atoms with van der Waals surface area (Å²) in [5, 5.41) is 11.8. The van der Waals surface area contributed by atoms with Gasteiger partial charge in [-0.1, -0.05) is 37.7 Å². The van der Waals surface area contributed by atoms with Gasteiger partial charge in [0.15, 0.2) is 11.0 Å². The van der Waals surface area contributed by atoms with Crippen molar-refractivity contribution in [3.05, 3.63) is 54.1 Å². The molecule has 0 saturated heterocycles. The third-order valence-electron chi connectivity index (χ3n) is 4.21. The van der Waals surface area contributed by atoms with Crippen LogP contribution in [0.1, 0.15) is 32.3 Å². The molecule has 0 saturated carbocycles. The zero-order chi connectivity index (χ0) is 20.1. The van der Waals surface area contributed by atoms with Gasteiger partial charge in [0.1, 0.15) is 0 Å². The van der Waals surface area contributed by atoms with Crippen LogP contribution in [-0.2, 0) is 11.3 Å². The first-order valence-corrected chi connectivity index (χ1v) is 10.0. The van der Waals surface area contributed by atoms with Crippen LogP contribution in [0.3, 0.4) is 0 Å². The molecule has 0 atom stereocenters. The number of nitrogens with zero attached hydrogens (tertiary/aromatic N) is 4. The van der Waals surface area contributed by atoms with E-state index in [1.165, 1.54) is 29.6 Å². The summed E-state index contributed by atoms with van der Waals surface area (Å²) in [5.41, 5.74) is 2.59. The fraction of sp³-hybridized carbons (Fsp3) is 0.300. The SMILES string of the molecule is CCn1c(SCC(=O)Nc2ccc(C(C)C)cc2)nnc1-c1ccnc(F)c1. The Bertz CT molecular complexity index is 955. The number of benzene rings is 1. The number of thioether (sulfide) groups is 1. The number of anilines is 1. The van der Waals surface area contributed by atoms with E-state index in [0.717, 1.165) is 5.69 Å². The molecule has 1 N–H and O–H groups in total. The second-order valence-electron chi connectivity index (χ2n) is 6.53. The molecule has 0 radical (unpaired) electrons. The number of aromatic nitrogens is 4. The molecule has 1 amide bonds. The fourth-order valence-corrected chi connectivity index (χ4v) is 3.52. The lowest BCUT2D eigenvalue weighted by atomic mass is 10.0. The highest BCUT2D eigenvalue weighted by Gasteiger charge is 2.15. The Morgan fingerprint density at radius 1 is 1.21 bits per heavy atom. The minimum Gasteiger partial charge on any atom is -0.325 e. The quantitative estimate of drug-likeness (QED) is 0.472. The molecule has 0 bridgehead atoms. The molecule has 0 aliphatic carbocycles. The van der Waals surface area contributed by atoms with Gasteiger partial charge in [0, 0.05) is 30.1 Å². The van der Waals surface area contributed by atoms with E-state index in [0.29, 0.717) is 29.0 Å². The van der Waals surface area contributed by atoms with Gasteiger partial charge in [-0.3, -0.25) is 4.79 Å². The molecule has 3 rings (SSSR count). The summed E-state index contributed by atoms with van der Waals surface area (Å²) in [7, 11) is 0. The predicted molar refractivity (Wildman–Crippen MR) is 109 cm³/mol. The van der Waals surface area contributed by atoms with Crippen LogP contribution < -0.4 is 5.32 Å². The van der Waals surface area contributed by atoms with Crippen LogP contribution in [0.15, 0.2) is 47.8 Å². The minimum atomic E-state index is -0.569. The van der Waals surface area contributed by atoms with Crippen LogP contribution in [0.4, 0.5) is 10.1 Å². The van der Waals surface area contributed by atoms with E-state index in [9.17, 15) is 9.18 Å². The van der Waals surface area contributed by atoms with E-state index in [1.807, 2.05) is 35.8 Å². The number of hydrogen-bond donors (Lipinski definition) is 1. The Balaban J connectivity index is 1.65. The van der Waals surface area contributed by atoms with Crippen molar-refractivity contribution >= 4 is 23.4 Å². The Kier molecular flexibility index (Phi) is 6.41. The van der Waals surface area contributed by atoms with Gasteiger partial charge in [0.2, 0.25) is 11.9 Å². The number of rotatable bonds is 7.